The van der Waals surface area contributed by atoms with Crippen LogP contribution < -0.4 is 10.2 Å². The summed E-state index contributed by atoms with van der Waals surface area (Å²) in [6.07, 6.45) is 0.986. The molecule has 1 N–H and O–H groups in total. The van der Waals surface area contributed by atoms with Crippen molar-refractivity contribution in [3.8, 4) is 0 Å². The van der Waals surface area contributed by atoms with E-state index in [4.69, 9.17) is 11.6 Å². The van der Waals surface area contributed by atoms with Gasteiger partial charge in [0.05, 0.1) is 15.5 Å². The van der Waals surface area contributed by atoms with Gasteiger partial charge in [-0.1, -0.05) is 29.8 Å². The van der Waals surface area contributed by atoms with Crippen LogP contribution in [-0.2, 0) is 16.4 Å². The minimum absolute atomic E-state index is 0.0362. The lowest BCUT2D eigenvalue weighted by molar-refractivity contribution is 0.0954. The Kier molecular flexibility index (Phi) is 5.98. The van der Waals surface area contributed by atoms with Crippen molar-refractivity contribution < 1.29 is 13.2 Å². The number of anilines is 1. The average molecular weight is 422 g/mol. The van der Waals surface area contributed by atoms with Crippen molar-refractivity contribution in [1.82, 2.24) is 9.62 Å². The molecule has 0 spiro atoms. The molecule has 1 aliphatic rings. The van der Waals surface area contributed by atoms with Crippen LogP contribution in [0.4, 0.5) is 5.69 Å². The summed E-state index contributed by atoms with van der Waals surface area (Å²) in [6.45, 7) is 3.25. The number of sulfonamides is 1. The topological polar surface area (TPSA) is 69.7 Å². The predicted octanol–water partition coefficient (Wildman–Crippen LogP) is 2.77. The van der Waals surface area contributed by atoms with Crippen molar-refractivity contribution in [2.45, 2.75) is 24.3 Å². The van der Waals surface area contributed by atoms with Gasteiger partial charge in [0.25, 0.3) is 5.91 Å². The van der Waals surface area contributed by atoms with E-state index in [1.54, 1.807) is 0 Å². The summed E-state index contributed by atoms with van der Waals surface area (Å²) < 4.78 is 25.7. The summed E-state index contributed by atoms with van der Waals surface area (Å²) >= 11 is 6.14. The number of rotatable bonds is 6. The summed E-state index contributed by atoms with van der Waals surface area (Å²) in [6, 6.07) is 12.8. The molecule has 1 amide bonds. The van der Waals surface area contributed by atoms with Gasteiger partial charge in [-0.25, -0.2) is 12.7 Å². The molecule has 2 aromatic rings. The standard InChI is InChI=1S/C20H24ClN3O3S/c1-14-12-15-6-4-5-7-19(15)24(14)11-10-22-20(25)17-13-16(8-9-18(17)21)28(26,27)23(2)3/h4-9,13-14H,10-12H2,1-3H3,(H,22,25). The Hall–Kier alpha value is -2.09. The number of nitrogens with zero attached hydrogens (tertiary/aromatic N) is 2. The van der Waals surface area contributed by atoms with Crippen LogP contribution in [0.15, 0.2) is 47.4 Å². The van der Waals surface area contributed by atoms with Gasteiger partial charge < -0.3 is 10.2 Å². The van der Waals surface area contributed by atoms with Gasteiger partial charge in [-0.05, 0) is 43.2 Å². The molecule has 0 radical (unpaired) electrons. The molecule has 1 unspecified atom stereocenters. The fourth-order valence-electron chi connectivity index (χ4n) is 3.41. The smallest absolute Gasteiger partial charge is 0.252 e. The molecule has 8 heteroatoms. The Labute approximate surface area is 171 Å². The Balaban J connectivity index is 1.69. The maximum Gasteiger partial charge on any atom is 0.252 e. The second kappa shape index (κ2) is 8.11. The van der Waals surface area contributed by atoms with Crippen molar-refractivity contribution >= 4 is 33.2 Å². The molecule has 0 saturated carbocycles. The molecule has 150 valence electrons. The zero-order valence-electron chi connectivity index (χ0n) is 16.1. The highest BCUT2D eigenvalue weighted by Gasteiger charge is 2.25. The zero-order valence-corrected chi connectivity index (χ0v) is 17.7. The first-order chi connectivity index (χ1) is 13.2. The second-order valence-corrected chi connectivity index (χ2v) is 9.62. The molecule has 0 aliphatic carbocycles. The van der Waals surface area contributed by atoms with E-state index in [-0.39, 0.29) is 21.4 Å². The zero-order chi connectivity index (χ0) is 20.5. The number of hydrogen-bond donors (Lipinski definition) is 1. The van der Waals surface area contributed by atoms with E-state index in [1.165, 1.54) is 43.5 Å². The molecule has 6 nitrogen and oxygen atoms in total. The van der Waals surface area contributed by atoms with E-state index in [9.17, 15) is 13.2 Å². The van der Waals surface area contributed by atoms with Crippen LogP contribution in [0, 0.1) is 0 Å². The third-order valence-electron chi connectivity index (χ3n) is 4.95. The monoisotopic (exact) mass is 421 g/mol. The van der Waals surface area contributed by atoms with Crippen LogP contribution in [0.1, 0.15) is 22.8 Å². The number of benzene rings is 2. The number of nitrogens with one attached hydrogen (secondary N) is 1. The molecule has 1 heterocycles. The van der Waals surface area contributed by atoms with E-state index >= 15 is 0 Å². The first-order valence-corrected chi connectivity index (χ1v) is 10.9. The summed E-state index contributed by atoms with van der Waals surface area (Å²) in [5.74, 6) is -0.388. The minimum Gasteiger partial charge on any atom is -0.367 e. The third kappa shape index (κ3) is 4.01. The number of amides is 1. The van der Waals surface area contributed by atoms with Crippen molar-refractivity contribution in [3.05, 3.63) is 58.6 Å². The molecule has 0 saturated heterocycles. The van der Waals surface area contributed by atoms with Crippen LogP contribution in [0.2, 0.25) is 5.02 Å². The fraction of sp³-hybridized carbons (Fsp3) is 0.350. The first kappa shape index (κ1) is 20.6. The molecule has 0 bridgehead atoms. The van der Waals surface area contributed by atoms with Crippen LogP contribution >= 0.6 is 11.6 Å². The van der Waals surface area contributed by atoms with Gasteiger partial charge in [0.1, 0.15) is 0 Å². The van der Waals surface area contributed by atoms with Crippen LogP contribution in [-0.4, -0.2) is 51.9 Å². The lowest BCUT2D eigenvalue weighted by Gasteiger charge is -2.25. The normalized spacial score (nSPS) is 16.3. The first-order valence-electron chi connectivity index (χ1n) is 9.06. The molecule has 0 fully saturated rings. The summed E-state index contributed by atoms with van der Waals surface area (Å²) in [5, 5.41) is 3.07. The van der Waals surface area contributed by atoms with Crippen LogP contribution in [0.3, 0.4) is 0 Å². The van der Waals surface area contributed by atoms with Crippen molar-refractivity contribution in [3.63, 3.8) is 0 Å². The highest BCUT2D eigenvalue weighted by atomic mass is 35.5. The molecular formula is C20H24ClN3O3S. The predicted molar refractivity (Wildman–Crippen MR) is 112 cm³/mol. The molecule has 1 atom stereocenters. The van der Waals surface area contributed by atoms with E-state index < -0.39 is 10.0 Å². The van der Waals surface area contributed by atoms with Gasteiger partial charge >= 0.3 is 0 Å². The average Bonchev–Trinajstić information content (AvgIpc) is 2.97. The lowest BCUT2D eigenvalue weighted by atomic mass is 10.1. The Morgan fingerprint density at radius 3 is 2.68 bits per heavy atom. The van der Waals surface area contributed by atoms with Crippen LogP contribution in [0.5, 0.6) is 0 Å². The van der Waals surface area contributed by atoms with Gasteiger partial charge in [-0.2, -0.15) is 0 Å². The molecule has 2 aromatic carbocycles. The van der Waals surface area contributed by atoms with Crippen LogP contribution in [0.25, 0.3) is 0 Å². The molecule has 28 heavy (non-hydrogen) atoms. The van der Waals surface area contributed by atoms with Gasteiger partial charge in [0.15, 0.2) is 0 Å². The molecule has 1 aliphatic heterocycles. The lowest BCUT2D eigenvalue weighted by Crippen LogP contribution is -2.38. The summed E-state index contributed by atoms with van der Waals surface area (Å²) in [5.41, 5.74) is 2.66. The minimum atomic E-state index is -3.64. The number of hydrogen-bond acceptors (Lipinski definition) is 4. The Bertz CT molecular complexity index is 992. The molecule has 0 aromatic heterocycles. The quantitative estimate of drug-likeness (QED) is 0.778. The van der Waals surface area contributed by atoms with Gasteiger partial charge in [-0.3, -0.25) is 4.79 Å². The SMILES string of the molecule is CC1Cc2ccccc2N1CCNC(=O)c1cc(S(=O)(=O)N(C)C)ccc1Cl. The van der Waals surface area contributed by atoms with E-state index in [0.29, 0.717) is 19.1 Å². The maximum atomic E-state index is 12.6. The Morgan fingerprint density at radius 1 is 1.25 bits per heavy atom. The maximum absolute atomic E-state index is 12.6. The van der Waals surface area contributed by atoms with Crippen molar-refractivity contribution in [1.29, 1.82) is 0 Å². The third-order valence-corrected chi connectivity index (χ3v) is 7.09. The van der Waals surface area contributed by atoms with Gasteiger partial charge in [0, 0.05) is 38.9 Å². The van der Waals surface area contributed by atoms with Crippen molar-refractivity contribution in [2.75, 3.05) is 32.1 Å². The number of para-hydroxylation sites is 1. The van der Waals surface area contributed by atoms with Gasteiger partial charge in [0.2, 0.25) is 10.0 Å². The number of halogens is 1. The Morgan fingerprint density at radius 2 is 1.96 bits per heavy atom. The number of carbonyl (C=O) groups is 1. The summed E-state index contributed by atoms with van der Waals surface area (Å²) in [7, 11) is -0.751. The van der Waals surface area contributed by atoms with E-state index in [1.807, 2.05) is 12.1 Å². The largest absolute Gasteiger partial charge is 0.367 e. The molecule has 3 rings (SSSR count). The number of carbonyl (C=O) groups excluding carboxylic acids is 1. The number of fused-ring (bicyclic) bond motifs is 1. The van der Waals surface area contributed by atoms with E-state index in [0.717, 1.165) is 10.7 Å². The summed E-state index contributed by atoms with van der Waals surface area (Å²) in [4.78, 5) is 14.9. The highest BCUT2D eigenvalue weighted by Crippen LogP contribution is 2.31. The van der Waals surface area contributed by atoms with Crippen molar-refractivity contribution in [2.24, 2.45) is 0 Å². The molecular weight excluding hydrogens is 398 g/mol. The second-order valence-electron chi connectivity index (χ2n) is 7.06. The fourth-order valence-corrected chi connectivity index (χ4v) is 4.54. The highest BCUT2D eigenvalue weighted by molar-refractivity contribution is 7.89. The van der Waals surface area contributed by atoms with Gasteiger partial charge in [-0.15, -0.1) is 0 Å². The van der Waals surface area contributed by atoms with E-state index in [2.05, 4.69) is 29.3 Å².